The van der Waals surface area contributed by atoms with E-state index >= 15 is 0 Å². The van der Waals surface area contributed by atoms with Crippen LogP contribution in [0.15, 0.2) is 85.0 Å². The molecule has 1 heteroatoms. The monoisotopic (exact) mass is 424 g/mol. The fourth-order valence-corrected chi connectivity index (χ4v) is 5.78. The molecule has 0 amide bonds. The topological polar surface area (TPSA) is 0 Å². The molecule has 0 aliphatic heterocycles. The maximum atomic E-state index is 4.43. The van der Waals surface area contributed by atoms with Crippen LogP contribution in [0.3, 0.4) is 0 Å². The van der Waals surface area contributed by atoms with Gasteiger partial charge in [0.25, 0.3) is 0 Å². The molecule has 1 unspecified atom stereocenters. The van der Waals surface area contributed by atoms with Gasteiger partial charge in [-0.05, 0) is 59.3 Å². The molecule has 2 aromatic rings. The van der Waals surface area contributed by atoms with Gasteiger partial charge in [0.15, 0.2) is 6.71 Å². The minimum Gasteiger partial charge on any atom is -0.103 e. The van der Waals surface area contributed by atoms with Crippen molar-refractivity contribution in [2.24, 2.45) is 5.92 Å². The van der Waals surface area contributed by atoms with E-state index in [1.807, 2.05) is 0 Å². The fourth-order valence-electron chi connectivity index (χ4n) is 5.78. The molecule has 1 saturated carbocycles. The van der Waals surface area contributed by atoms with E-state index in [1.165, 1.54) is 59.1 Å². The van der Waals surface area contributed by atoms with Gasteiger partial charge in [-0.2, -0.15) is 0 Å². The van der Waals surface area contributed by atoms with Gasteiger partial charge in [-0.1, -0.05) is 125 Å². The van der Waals surface area contributed by atoms with Gasteiger partial charge in [0.05, 0.1) is 0 Å². The maximum absolute atomic E-state index is 4.43. The third-order valence-electron chi connectivity index (χ3n) is 7.82. The number of hydrogen-bond donors (Lipinski definition) is 0. The Labute approximate surface area is 197 Å². The van der Waals surface area contributed by atoms with Crippen LogP contribution in [0.1, 0.15) is 69.6 Å². The second-order valence-electron chi connectivity index (χ2n) is 9.91. The van der Waals surface area contributed by atoms with Crippen LogP contribution in [0, 0.1) is 5.92 Å². The predicted octanol–water partition coefficient (Wildman–Crippen LogP) is 9.28. The van der Waals surface area contributed by atoms with Crippen molar-refractivity contribution in [1.29, 1.82) is 0 Å². The highest BCUT2D eigenvalue weighted by molar-refractivity contribution is 6.62. The van der Waals surface area contributed by atoms with Crippen molar-refractivity contribution in [3.05, 3.63) is 102 Å². The minimum atomic E-state index is 0.349. The fraction of sp³-hybridized carbons (Fsp3) is 0.419. The van der Waals surface area contributed by atoms with E-state index in [4.69, 9.17) is 0 Å². The summed E-state index contributed by atoms with van der Waals surface area (Å²) in [6.07, 6.45) is 9.77. The first-order valence-electron chi connectivity index (χ1n) is 12.6. The normalized spacial score (nSPS) is 16.9. The van der Waals surface area contributed by atoms with E-state index in [1.54, 1.807) is 0 Å². The second-order valence-corrected chi connectivity index (χ2v) is 9.91. The third kappa shape index (κ3) is 5.74. The Morgan fingerprint density at radius 3 is 2.16 bits per heavy atom. The van der Waals surface area contributed by atoms with Crippen molar-refractivity contribution in [1.82, 2.24) is 0 Å². The molecular formula is C31H41B. The average Bonchev–Trinajstić information content (AvgIpc) is 3.35. The Morgan fingerprint density at radius 2 is 1.62 bits per heavy atom. The number of hydrogen-bond acceptors (Lipinski definition) is 0. The van der Waals surface area contributed by atoms with Crippen molar-refractivity contribution in [3.63, 3.8) is 0 Å². The molecule has 168 valence electrons. The molecule has 0 N–H and O–H groups in total. The van der Waals surface area contributed by atoms with Crippen molar-refractivity contribution in [3.8, 4) is 0 Å². The third-order valence-corrected chi connectivity index (χ3v) is 7.82. The first-order valence-corrected chi connectivity index (χ1v) is 12.6. The highest BCUT2D eigenvalue weighted by Crippen LogP contribution is 2.44. The van der Waals surface area contributed by atoms with E-state index in [0.717, 1.165) is 18.8 Å². The molecule has 0 saturated heterocycles. The molecule has 1 aliphatic rings. The van der Waals surface area contributed by atoms with Crippen LogP contribution in [0.2, 0.25) is 18.5 Å². The van der Waals surface area contributed by atoms with Crippen LogP contribution in [0.5, 0.6) is 0 Å². The summed E-state index contributed by atoms with van der Waals surface area (Å²) in [5, 5.41) is 0. The number of benzene rings is 2. The quantitative estimate of drug-likeness (QED) is 0.202. The second kappa shape index (κ2) is 11.5. The smallest absolute Gasteiger partial charge is 0.103 e. The molecule has 0 aromatic heterocycles. The van der Waals surface area contributed by atoms with Crippen LogP contribution in [0.25, 0.3) is 5.57 Å². The summed E-state index contributed by atoms with van der Waals surface area (Å²) in [6, 6.07) is 19.9. The van der Waals surface area contributed by atoms with Crippen LogP contribution in [0.4, 0.5) is 0 Å². The Morgan fingerprint density at radius 1 is 1.03 bits per heavy atom. The van der Waals surface area contributed by atoms with E-state index in [-0.39, 0.29) is 0 Å². The highest BCUT2D eigenvalue weighted by atomic mass is 14.3. The molecular weight excluding hydrogens is 383 g/mol. The van der Waals surface area contributed by atoms with Gasteiger partial charge < -0.3 is 0 Å². The summed E-state index contributed by atoms with van der Waals surface area (Å²) in [5.74, 6) is 1.92. The predicted molar refractivity (Wildman–Crippen MR) is 145 cm³/mol. The van der Waals surface area contributed by atoms with Crippen molar-refractivity contribution >= 4 is 12.3 Å². The van der Waals surface area contributed by atoms with E-state index in [2.05, 4.69) is 101 Å². The zero-order chi connectivity index (χ0) is 23.1. The van der Waals surface area contributed by atoms with Gasteiger partial charge in [0.2, 0.25) is 0 Å². The van der Waals surface area contributed by atoms with Gasteiger partial charge in [-0.3, -0.25) is 0 Å². The zero-order valence-electron chi connectivity index (χ0n) is 20.7. The standard InChI is InChI=1S/C31H41B/c1-7-29(28-20-18-26(19-21-28)22-25-14-10-9-11-15-25)31(23(3)4)30(8-2)32(6)24(5)27-16-12-13-17-27/h8-11,14-15,18-21,24,27,30H,2-3,7,12-13,16-17,22H2,1,4-6H3/b31-29+/t24-,30?/m1/s1. The first-order chi connectivity index (χ1) is 15.5. The van der Waals surface area contributed by atoms with Crippen LogP contribution in [-0.4, -0.2) is 6.71 Å². The van der Waals surface area contributed by atoms with E-state index < -0.39 is 0 Å². The van der Waals surface area contributed by atoms with Crippen molar-refractivity contribution in [2.45, 2.75) is 77.8 Å². The lowest BCUT2D eigenvalue weighted by Crippen LogP contribution is -2.27. The molecule has 1 fully saturated rings. The van der Waals surface area contributed by atoms with Gasteiger partial charge in [-0.15, -0.1) is 6.58 Å². The lowest BCUT2D eigenvalue weighted by atomic mass is 9.32. The number of rotatable bonds is 10. The Balaban J connectivity index is 1.90. The highest BCUT2D eigenvalue weighted by Gasteiger charge is 2.34. The summed E-state index contributed by atoms with van der Waals surface area (Å²) in [6.45, 7) is 18.7. The minimum absolute atomic E-state index is 0.349. The Hall–Kier alpha value is -2.28. The molecule has 2 atom stereocenters. The molecule has 0 bridgehead atoms. The summed E-state index contributed by atoms with van der Waals surface area (Å²) in [7, 11) is 0. The largest absolute Gasteiger partial charge is 0.153 e. The van der Waals surface area contributed by atoms with Crippen LogP contribution < -0.4 is 0 Å². The molecule has 32 heavy (non-hydrogen) atoms. The maximum Gasteiger partial charge on any atom is 0.153 e. The van der Waals surface area contributed by atoms with Crippen LogP contribution >= 0.6 is 0 Å². The molecule has 0 radical (unpaired) electrons. The van der Waals surface area contributed by atoms with Crippen LogP contribution in [-0.2, 0) is 6.42 Å². The lowest BCUT2D eigenvalue weighted by molar-refractivity contribution is 0.520. The zero-order valence-corrected chi connectivity index (χ0v) is 20.7. The Bertz CT molecular complexity index is 913. The number of allylic oxidation sites excluding steroid dienone is 4. The van der Waals surface area contributed by atoms with Gasteiger partial charge in [0.1, 0.15) is 0 Å². The first kappa shape index (κ1) is 24.4. The van der Waals surface area contributed by atoms with Gasteiger partial charge >= 0.3 is 0 Å². The Kier molecular flexibility index (Phi) is 8.79. The van der Waals surface area contributed by atoms with Gasteiger partial charge in [0, 0.05) is 0 Å². The summed E-state index contributed by atoms with van der Waals surface area (Å²) >= 11 is 0. The van der Waals surface area contributed by atoms with Crippen molar-refractivity contribution in [2.75, 3.05) is 0 Å². The summed E-state index contributed by atoms with van der Waals surface area (Å²) in [4.78, 5) is 0. The summed E-state index contributed by atoms with van der Waals surface area (Å²) in [5.41, 5.74) is 8.07. The van der Waals surface area contributed by atoms with E-state index in [9.17, 15) is 0 Å². The van der Waals surface area contributed by atoms with Crippen molar-refractivity contribution < 1.29 is 0 Å². The molecule has 0 heterocycles. The SMILES string of the molecule is C=CC(B(C)[C@H](C)C1CCCC1)/C(C(=C)C)=C(\CC)c1ccc(Cc2ccccc2)cc1. The molecule has 2 aromatic carbocycles. The van der Waals surface area contributed by atoms with E-state index in [0.29, 0.717) is 18.3 Å². The van der Waals surface area contributed by atoms with Gasteiger partial charge in [-0.25, -0.2) is 0 Å². The average molecular weight is 424 g/mol. The molecule has 0 spiro atoms. The summed E-state index contributed by atoms with van der Waals surface area (Å²) < 4.78 is 0. The molecule has 0 nitrogen and oxygen atoms in total. The molecule has 3 rings (SSSR count). The lowest BCUT2D eigenvalue weighted by Gasteiger charge is -2.32. The molecule has 1 aliphatic carbocycles.